The number of carbonyl (C=O) groups excluding carboxylic acids is 2. The summed E-state index contributed by atoms with van der Waals surface area (Å²) in [6.07, 6.45) is 0.170. The maximum absolute atomic E-state index is 12.1. The van der Waals surface area contributed by atoms with Gasteiger partial charge >= 0.3 is 12.1 Å². The lowest BCUT2D eigenvalue weighted by Gasteiger charge is -2.44. The third kappa shape index (κ3) is 4.69. The quantitative estimate of drug-likeness (QED) is 0.735. The van der Waals surface area contributed by atoms with Crippen LogP contribution in [0.25, 0.3) is 0 Å². The average molecular weight is 391 g/mol. The van der Waals surface area contributed by atoms with Crippen LogP contribution in [0.15, 0.2) is 18.2 Å². The highest BCUT2D eigenvalue weighted by molar-refractivity contribution is 5.72. The number of fused-ring (bicyclic) bond motifs is 1. The molecular formula is C21H29NO6. The van der Waals surface area contributed by atoms with Crippen LogP contribution < -0.4 is 9.47 Å². The first-order valence-corrected chi connectivity index (χ1v) is 9.64. The number of hydrogen-bond acceptors (Lipinski definition) is 6. The summed E-state index contributed by atoms with van der Waals surface area (Å²) in [5.74, 6) is 1.13. The zero-order chi connectivity index (χ0) is 20.5. The number of hydrogen-bond donors (Lipinski definition) is 0. The fourth-order valence-electron chi connectivity index (χ4n) is 3.35. The predicted octanol–water partition coefficient (Wildman–Crippen LogP) is 3.04. The van der Waals surface area contributed by atoms with Crippen LogP contribution in [0.5, 0.6) is 11.5 Å². The van der Waals surface area contributed by atoms with E-state index in [-0.39, 0.29) is 30.0 Å². The van der Waals surface area contributed by atoms with Crippen molar-refractivity contribution >= 4 is 12.1 Å². The Labute approximate surface area is 165 Å². The highest BCUT2D eigenvalue weighted by Crippen LogP contribution is 2.36. The Morgan fingerprint density at radius 1 is 1.25 bits per heavy atom. The van der Waals surface area contributed by atoms with Crippen LogP contribution >= 0.6 is 0 Å². The van der Waals surface area contributed by atoms with Crippen molar-refractivity contribution in [1.29, 1.82) is 0 Å². The molecule has 2 atom stereocenters. The summed E-state index contributed by atoms with van der Waals surface area (Å²) >= 11 is 0. The molecule has 1 saturated heterocycles. The zero-order valence-electron chi connectivity index (χ0n) is 17.2. The minimum absolute atomic E-state index is 0.112. The second-order valence-corrected chi connectivity index (χ2v) is 8.52. The molecule has 28 heavy (non-hydrogen) atoms. The summed E-state index contributed by atoms with van der Waals surface area (Å²) in [6.45, 7) is 9.05. The number of nitrogens with zero attached hydrogens (tertiary/aromatic N) is 1. The van der Waals surface area contributed by atoms with Crippen LogP contribution in [-0.2, 0) is 20.7 Å². The van der Waals surface area contributed by atoms with Crippen LogP contribution in [0, 0.1) is 11.8 Å². The number of methoxy groups -OCH3 is 1. The first kappa shape index (κ1) is 20.3. The number of esters is 1. The van der Waals surface area contributed by atoms with Gasteiger partial charge in [0.05, 0.1) is 13.0 Å². The second kappa shape index (κ2) is 7.89. The molecule has 0 bridgehead atoms. The van der Waals surface area contributed by atoms with Gasteiger partial charge < -0.3 is 23.8 Å². The van der Waals surface area contributed by atoms with Crippen LogP contribution in [0.1, 0.15) is 33.3 Å². The molecule has 0 radical (unpaired) electrons. The molecule has 0 aromatic heterocycles. The Hall–Kier alpha value is -2.44. The molecule has 3 rings (SSSR count). The van der Waals surface area contributed by atoms with Gasteiger partial charge in [0.2, 0.25) is 0 Å². The summed E-state index contributed by atoms with van der Waals surface area (Å²) in [5, 5.41) is 0. The van der Waals surface area contributed by atoms with Crippen molar-refractivity contribution in [2.75, 3.05) is 26.8 Å². The van der Waals surface area contributed by atoms with Crippen molar-refractivity contribution in [1.82, 2.24) is 4.90 Å². The third-order valence-corrected chi connectivity index (χ3v) is 4.92. The Balaban J connectivity index is 1.57. The van der Waals surface area contributed by atoms with E-state index in [2.05, 4.69) is 0 Å². The Morgan fingerprint density at radius 3 is 2.61 bits per heavy atom. The van der Waals surface area contributed by atoms with Gasteiger partial charge in [0, 0.05) is 19.0 Å². The van der Waals surface area contributed by atoms with Crippen molar-refractivity contribution < 1.29 is 28.5 Å². The summed E-state index contributed by atoms with van der Waals surface area (Å²) in [5.41, 5.74) is 0.494. The molecule has 0 aliphatic carbocycles. The first-order chi connectivity index (χ1) is 13.2. The van der Waals surface area contributed by atoms with Gasteiger partial charge in [0.1, 0.15) is 18.3 Å². The maximum atomic E-state index is 12.1. The Bertz CT molecular complexity index is 735. The molecule has 2 aliphatic rings. The van der Waals surface area contributed by atoms with E-state index in [0.29, 0.717) is 37.6 Å². The van der Waals surface area contributed by atoms with Gasteiger partial charge in [-0.15, -0.1) is 0 Å². The Kier molecular flexibility index (Phi) is 5.72. The van der Waals surface area contributed by atoms with E-state index in [4.69, 9.17) is 18.9 Å². The zero-order valence-corrected chi connectivity index (χ0v) is 17.2. The van der Waals surface area contributed by atoms with Gasteiger partial charge in [-0.1, -0.05) is 13.0 Å². The Morgan fingerprint density at radius 2 is 1.96 bits per heavy atom. The molecule has 1 aromatic rings. The topological polar surface area (TPSA) is 74.3 Å². The normalized spacial score (nSPS) is 20.2. The number of amides is 1. The number of likely N-dealkylation sites (tertiary alicyclic amines) is 1. The number of benzene rings is 1. The summed E-state index contributed by atoms with van der Waals surface area (Å²) in [6, 6.07) is 5.74. The summed E-state index contributed by atoms with van der Waals surface area (Å²) in [4.78, 5) is 25.4. The summed E-state index contributed by atoms with van der Waals surface area (Å²) in [7, 11) is 1.40. The van der Waals surface area contributed by atoms with Crippen molar-refractivity contribution in [3.05, 3.63) is 23.8 Å². The minimum Gasteiger partial charge on any atom is -0.486 e. The minimum atomic E-state index is -0.497. The van der Waals surface area contributed by atoms with E-state index < -0.39 is 5.60 Å². The van der Waals surface area contributed by atoms with E-state index >= 15 is 0 Å². The fourth-order valence-corrected chi connectivity index (χ4v) is 3.35. The predicted molar refractivity (Wildman–Crippen MR) is 103 cm³/mol. The second-order valence-electron chi connectivity index (χ2n) is 8.52. The van der Waals surface area contributed by atoms with E-state index in [1.807, 2.05) is 45.9 Å². The highest BCUT2D eigenvalue weighted by Gasteiger charge is 2.41. The first-order valence-electron chi connectivity index (χ1n) is 9.64. The molecule has 2 heterocycles. The highest BCUT2D eigenvalue weighted by atomic mass is 16.6. The lowest BCUT2D eigenvalue weighted by molar-refractivity contribution is -0.144. The van der Waals surface area contributed by atoms with Crippen molar-refractivity contribution in [3.8, 4) is 11.5 Å². The van der Waals surface area contributed by atoms with E-state index in [1.54, 1.807) is 4.90 Å². The van der Waals surface area contributed by atoms with E-state index in [0.717, 1.165) is 5.56 Å². The standard InChI is InChI=1S/C21H29NO6/c1-13(19(23)25-5)8-14-6-7-16-17(9-14)27-18(12-26-16)15-10-22(11-15)20(24)28-21(2,3)4/h6-7,9,13,15,18H,8,10-12H2,1-5H3. The van der Waals surface area contributed by atoms with E-state index in [1.165, 1.54) is 7.11 Å². The molecule has 2 unspecified atom stereocenters. The molecule has 2 aliphatic heterocycles. The van der Waals surface area contributed by atoms with Crippen molar-refractivity contribution in [2.45, 2.75) is 45.8 Å². The van der Waals surface area contributed by atoms with Crippen LogP contribution in [-0.4, -0.2) is 55.5 Å². The van der Waals surface area contributed by atoms with Crippen LogP contribution in [0.3, 0.4) is 0 Å². The van der Waals surface area contributed by atoms with Gasteiger partial charge in [0.25, 0.3) is 0 Å². The molecule has 0 saturated carbocycles. The number of carbonyl (C=O) groups is 2. The number of ether oxygens (including phenoxy) is 4. The SMILES string of the molecule is COC(=O)C(C)Cc1ccc2c(c1)OC(C1CN(C(=O)OC(C)(C)C)C1)CO2. The maximum Gasteiger partial charge on any atom is 0.410 e. The average Bonchev–Trinajstić information content (AvgIpc) is 2.57. The molecule has 1 amide bonds. The molecule has 0 spiro atoms. The van der Waals surface area contributed by atoms with Crippen LogP contribution in [0.2, 0.25) is 0 Å². The van der Waals surface area contributed by atoms with E-state index in [9.17, 15) is 9.59 Å². The largest absolute Gasteiger partial charge is 0.486 e. The van der Waals surface area contributed by atoms with Gasteiger partial charge in [-0.3, -0.25) is 4.79 Å². The van der Waals surface area contributed by atoms with Crippen LogP contribution in [0.4, 0.5) is 4.79 Å². The lowest BCUT2D eigenvalue weighted by atomic mass is 9.93. The lowest BCUT2D eigenvalue weighted by Crippen LogP contribution is -2.58. The number of rotatable bonds is 4. The monoisotopic (exact) mass is 391 g/mol. The summed E-state index contributed by atoms with van der Waals surface area (Å²) < 4.78 is 22.2. The molecule has 7 nitrogen and oxygen atoms in total. The molecule has 7 heteroatoms. The van der Waals surface area contributed by atoms with Gasteiger partial charge in [-0.25, -0.2) is 4.79 Å². The molecule has 1 aromatic carbocycles. The van der Waals surface area contributed by atoms with Gasteiger partial charge in [-0.05, 0) is 44.9 Å². The smallest absolute Gasteiger partial charge is 0.410 e. The van der Waals surface area contributed by atoms with Gasteiger partial charge in [0.15, 0.2) is 11.5 Å². The van der Waals surface area contributed by atoms with Gasteiger partial charge in [-0.2, -0.15) is 0 Å². The fraction of sp³-hybridized carbons (Fsp3) is 0.619. The molecular weight excluding hydrogens is 362 g/mol. The van der Waals surface area contributed by atoms with Crippen molar-refractivity contribution in [2.24, 2.45) is 11.8 Å². The molecule has 1 fully saturated rings. The third-order valence-electron chi connectivity index (χ3n) is 4.92. The molecule has 0 N–H and O–H groups in total. The molecule has 154 valence electrons. The van der Waals surface area contributed by atoms with Crippen molar-refractivity contribution in [3.63, 3.8) is 0 Å².